The van der Waals surface area contributed by atoms with Gasteiger partial charge in [0.2, 0.25) is 0 Å². The maximum Gasteiger partial charge on any atom is 0.0341 e. The molecule has 1 saturated carbocycles. The van der Waals surface area contributed by atoms with Gasteiger partial charge in [0.1, 0.15) is 0 Å². The lowest BCUT2D eigenvalue weighted by atomic mass is 9.90. The second-order valence-electron chi connectivity index (χ2n) is 5.11. The summed E-state index contributed by atoms with van der Waals surface area (Å²) in [6.07, 6.45) is 9.03. The predicted molar refractivity (Wildman–Crippen MR) is 67.0 cm³/mol. The number of hydrogen-bond donors (Lipinski definition) is 1. The molecule has 1 aliphatic carbocycles. The molecule has 2 nitrogen and oxygen atoms in total. The summed E-state index contributed by atoms with van der Waals surface area (Å²) in [6, 6.07) is 2.24. The van der Waals surface area contributed by atoms with Gasteiger partial charge >= 0.3 is 0 Å². The molecule has 2 heteroatoms. The smallest absolute Gasteiger partial charge is 0.0341 e. The summed E-state index contributed by atoms with van der Waals surface area (Å²) in [5.74, 6) is 1.56. The van der Waals surface area contributed by atoms with E-state index in [-0.39, 0.29) is 6.04 Å². The van der Waals surface area contributed by atoms with E-state index in [9.17, 15) is 0 Å². The Kier molecular flexibility index (Phi) is 3.59. The van der Waals surface area contributed by atoms with Crippen LogP contribution in [-0.2, 0) is 0 Å². The lowest BCUT2D eigenvalue weighted by Gasteiger charge is -2.21. The molecule has 2 N–H and O–H groups in total. The van der Waals surface area contributed by atoms with Crippen LogP contribution in [0.25, 0.3) is 0 Å². The van der Waals surface area contributed by atoms with Crippen LogP contribution in [0.15, 0.2) is 18.5 Å². The molecule has 1 aromatic heterocycles. The van der Waals surface area contributed by atoms with Gasteiger partial charge in [-0.05, 0) is 48.8 Å². The molecule has 0 radical (unpaired) electrons. The van der Waals surface area contributed by atoms with Gasteiger partial charge in [0.05, 0.1) is 0 Å². The molecular formula is C14H22N2. The SMILES string of the molecule is CCC1CCC(C(N)c2cnccc2C)C1. The summed E-state index contributed by atoms with van der Waals surface area (Å²) in [5.41, 5.74) is 8.90. The number of pyridine rings is 1. The van der Waals surface area contributed by atoms with Crippen molar-refractivity contribution >= 4 is 0 Å². The molecule has 0 aromatic carbocycles. The lowest BCUT2D eigenvalue weighted by Crippen LogP contribution is -2.20. The van der Waals surface area contributed by atoms with Crippen molar-refractivity contribution in [2.75, 3.05) is 0 Å². The maximum absolute atomic E-state index is 6.38. The minimum Gasteiger partial charge on any atom is -0.324 e. The fourth-order valence-electron chi connectivity index (χ4n) is 2.89. The van der Waals surface area contributed by atoms with Crippen molar-refractivity contribution < 1.29 is 0 Å². The minimum atomic E-state index is 0.185. The fourth-order valence-corrected chi connectivity index (χ4v) is 2.89. The molecule has 1 heterocycles. The van der Waals surface area contributed by atoms with Crippen molar-refractivity contribution in [1.29, 1.82) is 0 Å². The van der Waals surface area contributed by atoms with Gasteiger partial charge in [-0.1, -0.05) is 19.8 Å². The highest BCUT2D eigenvalue weighted by atomic mass is 14.7. The zero-order valence-corrected chi connectivity index (χ0v) is 10.3. The quantitative estimate of drug-likeness (QED) is 0.846. The number of nitrogens with two attached hydrogens (primary N) is 1. The third-order valence-corrected chi connectivity index (χ3v) is 4.11. The number of aryl methyl sites for hydroxylation is 1. The molecule has 16 heavy (non-hydrogen) atoms. The highest BCUT2D eigenvalue weighted by Crippen LogP contribution is 2.39. The number of hydrogen-bond acceptors (Lipinski definition) is 2. The average Bonchev–Trinajstić information content (AvgIpc) is 2.77. The van der Waals surface area contributed by atoms with Crippen molar-refractivity contribution in [2.45, 2.75) is 45.6 Å². The summed E-state index contributed by atoms with van der Waals surface area (Å²) in [4.78, 5) is 4.20. The van der Waals surface area contributed by atoms with Crippen molar-refractivity contribution in [2.24, 2.45) is 17.6 Å². The van der Waals surface area contributed by atoms with Gasteiger partial charge in [-0.25, -0.2) is 0 Å². The Bertz CT molecular complexity index is 348. The van der Waals surface area contributed by atoms with Crippen LogP contribution in [0.5, 0.6) is 0 Å². The molecule has 0 aliphatic heterocycles. The van der Waals surface area contributed by atoms with Crippen molar-refractivity contribution in [3.63, 3.8) is 0 Å². The van der Waals surface area contributed by atoms with Gasteiger partial charge in [-0.15, -0.1) is 0 Å². The first kappa shape index (κ1) is 11.6. The van der Waals surface area contributed by atoms with E-state index < -0.39 is 0 Å². The van der Waals surface area contributed by atoms with Crippen LogP contribution in [0.4, 0.5) is 0 Å². The van der Waals surface area contributed by atoms with Crippen LogP contribution in [0.2, 0.25) is 0 Å². The summed E-state index contributed by atoms with van der Waals surface area (Å²) in [5, 5.41) is 0. The minimum absolute atomic E-state index is 0.185. The zero-order chi connectivity index (χ0) is 11.5. The van der Waals surface area contributed by atoms with E-state index in [4.69, 9.17) is 5.73 Å². The van der Waals surface area contributed by atoms with Gasteiger partial charge in [-0.2, -0.15) is 0 Å². The Labute approximate surface area is 98.3 Å². The highest BCUT2D eigenvalue weighted by molar-refractivity contribution is 5.25. The third kappa shape index (κ3) is 2.27. The molecule has 3 unspecified atom stereocenters. The molecule has 1 fully saturated rings. The maximum atomic E-state index is 6.38. The predicted octanol–water partition coefficient (Wildman–Crippen LogP) is 3.22. The number of rotatable bonds is 3. The molecule has 1 aliphatic rings. The van der Waals surface area contributed by atoms with Crippen molar-refractivity contribution in [1.82, 2.24) is 4.98 Å². The monoisotopic (exact) mass is 218 g/mol. The van der Waals surface area contributed by atoms with Crippen molar-refractivity contribution in [3.8, 4) is 0 Å². The van der Waals surface area contributed by atoms with Crippen LogP contribution in [0, 0.1) is 18.8 Å². The Hall–Kier alpha value is -0.890. The van der Waals surface area contributed by atoms with Crippen LogP contribution >= 0.6 is 0 Å². The number of aromatic nitrogens is 1. The standard InChI is InChI=1S/C14H22N2/c1-3-11-4-5-12(8-11)14(15)13-9-16-7-6-10(13)2/h6-7,9,11-12,14H,3-5,8,15H2,1-2H3. The van der Waals surface area contributed by atoms with Crippen molar-refractivity contribution in [3.05, 3.63) is 29.6 Å². The molecule has 1 aromatic rings. The van der Waals surface area contributed by atoms with Crippen LogP contribution < -0.4 is 5.73 Å². The first-order valence-corrected chi connectivity index (χ1v) is 6.38. The van der Waals surface area contributed by atoms with Crippen LogP contribution in [0.3, 0.4) is 0 Å². The van der Waals surface area contributed by atoms with Crippen LogP contribution in [0.1, 0.15) is 49.8 Å². The average molecular weight is 218 g/mol. The topological polar surface area (TPSA) is 38.9 Å². The van der Waals surface area contributed by atoms with Crippen LogP contribution in [-0.4, -0.2) is 4.98 Å². The van der Waals surface area contributed by atoms with E-state index in [0.717, 1.165) is 5.92 Å². The van der Waals surface area contributed by atoms with E-state index in [1.165, 1.54) is 36.8 Å². The zero-order valence-electron chi connectivity index (χ0n) is 10.3. The largest absolute Gasteiger partial charge is 0.324 e. The second-order valence-corrected chi connectivity index (χ2v) is 5.11. The first-order chi connectivity index (χ1) is 7.72. The Morgan fingerprint density at radius 3 is 2.94 bits per heavy atom. The summed E-state index contributed by atoms with van der Waals surface area (Å²) in [7, 11) is 0. The molecule has 3 atom stereocenters. The normalized spacial score (nSPS) is 26.9. The number of nitrogens with zero attached hydrogens (tertiary/aromatic N) is 1. The molecule has 0 bridgehead atoms. The molecule has 0 spiro atoms. The van der Waals surface area contributed by atoms with Gasteiger partial charge in [0.15, 0.2) is 0 Å². The van der Waals surface area contributed by atoms with Gasteiger partial charge < -0.3 is 5.73 Å². The van der Waals surface area contributed by atoms with E-state index in [1.807, 2.05) is 12.4 Å². The van der Waals surface area contributed by atoms with Gasteiger partial charge in [-0.3, -0.25) is 4.98 Å². The first-order valence-electron chi connectivity index (χ1n) is 6.38. The highest BCUT2D eigenvalue weighted by Gasteiger charge is 2.29. The van der Waals surface area contributed by atoms with E-state index in [0.29, 0.717) is 5.92 Å². The molecule has 0 amide bonds. The van der Waals surface area contributed by atoms with E-state index in [1.54, 1.807) is 0 Å². The fraction of sp³-hybridized carbons (Fsp3) is 0.643. The Balaban J connectivity index is 2.08. The summed E-state index contributed by atoms with van der Waals surface area (Å²) >= 11 is 0. The second kappa shape index (κ2) is 4.96. The van der Waals surface area contributed by atoms with Gasteiger partial charge in [0, 0.05) is 18.4 Å². The van der Waals surface area contributed by atoms with Gasteiger partial charge in [0.25, 0.3) is 0 Å². The third-order valence-electron chi connectivity index (χ3n) is 4.11. The lowest BCUT2D eigenvalue weighted by molar-refractivity contribution is 0.414. The summed E-state index contributed by atoms with van der Waals surface area (Å²) < 4.78 is 0. The molecular weight excluding hydrogens is 196 g/mol. The van der Waals surface area contributed by atoms with E-state index in [2.05, 4.69) is 24.9 Å². The Morgan fingerprint density at radius 1 is 1.50 bits per heavy atom. The molecule has 2 rings (SSSR count). The molecule has 0 saturated heterocycles. The Morgan fingerprint density at radius 2 is 2.31 bits per heavy atom. The summed E-state index contributed by atoms with van der Waals surface area (Å²) in [6.45, 7) is 4.41. The molecule has 88 valence electrons. The van der Waals surface area contributed by atoms with E-state index >= 15 is 0 Å².